The van der Waals surface area contributed by atoms with Crippen LogP contribution in [0.15, 0.2) is 54.6 Å². The van der Waals surface area contributed by atoms with E-state index in [1.165, 1.54) is 11.3 Å². The van der Waals surface area contributed by atoms with Gasteiger partial charge in [0.25, 0.3) is 5.91 Å². The van der Waals surface area contributed by atoms with Crippen molar-refractivity contribution >= 4 is 17.2 Å². The van der Waals surface area contributed by atoms with Crippen molar-refractivity contribution < 1.29 is 9.53 Å². The fourth-order valence-corrected chi connectivity index (χ4v) is 3.78. The lowest BCUT2D eigenvalue weighted by Gasteiger charge is -2.17. The maximum atomic E-state index is 12.8. The minimum Gasteiger partial charge on any atom is -0.492 e. The maximum absolute atomic E-state index is 12.8. The summed E-state index contributed by atoms with van der Waals surface area (Å²) in [6.45, 7) is 4.68. The van der Waals surface area contributed by atoms with Crippen molar-refractivity contribution in [3.63, 3.8) is 0 Å². The van der Waals surface area contributed by atoms with Crippen molar-refractivity contribution in [2.45, 2.75) is 19.9 Å². The first-order valence-corrected chi connectivity index (χ1v) is 10.2. The van der Waals surface area contributed by atoms with Crippen LogP contribution in [0.2, 0.25) is 0 Å². The first-order valence-electron chi connectivity index (χ1n) is 9.36. The van der Waals surface area contributed by atoms with Gasteiger partial charge in [0.15, 0.2) is 0 Å². The van der Waals surface area contributed by atoms with E-state index < -0.39 is 0 Å². The predicted octanol–water partition coefficient (Wildman–Crippen LogP) is 4.42. The van der Waals surface area contributed by atoms with Gasteiger partial charge in [-0.15, -0.1) is 11.3 Å². The Labute approximate surface area is 174 Å². The molecule has 0 spiro atoms. The van der Waals surface area contributed by atoms with Crippen LogP contribution in [0.5, 0.6) is 5.75 Å². The third-order valence-electron chi connectivity index (χ3n) is 4.58. The molecule has 0 fully saturated rings. The van der Waals surface area contributed by atoms with Gasteiger partial charge in [0, 0.05) is 17.0 Å². The number of nitriles is 1. The van der Waals surface area contributed by atoms with E-state index in [1.54, 1.807) is 6.07 Å². The van der Waals surface area contributed by atoms with Crippen LogP contribution < -0.4 is 15.8 Å². The molecule has 0 saturated carbocycles. The number of carbonyl (C=O) groups excluding carboxylic acids is 1. The molecule has 0 unspecified atom stereocenters. The third kappa shape index (κ3) is 5.02. The summed E-state index contributed by atoms with van der Waals surface area (Å²) in [4.78, 5) is 14.6. The van der Waals surface area contributed by atoms with Crippen molar-refractivity contribution in [3.8, 4) is 22.3 Å². The molecular formula is C23H23N3O2S. The number of thiophene rings is 1. The molecule has 1 heterocycles. The highest BCUT2D eigenvalue weighted by molar-refractivity contribution is 7.16. The normalized spacial score (nSPS) is 11.5. The number of amides is 1. The molecule has 0 bridgehead atoms. The average Bonchev–Trinajstić information content (AvgIpc) is 3.22. The van der Waals surface area contributed by atoms with Crippen LogP contribution in [0.3, 0.4) is 0 Å². The van der Waals surface area contributed by atoms with Crippen LogP contribution in [-0.2, 0) is 0 Å². The Morgan fingerprint density at radius 1 is 1.24 bits per heavy atom. The van der Waals surface area contributed by atoms with Gasteiger partial charge in [0.1, 0.15) is 23.3 Å². The average molecular weight is 406 g/mol. The smallest absolute Gasteiger partial charge is 0.252 e. The van der Waals surface area contributed by atoms with Crippen LogP contribution in [0.25, 0.3) is 10.4 Å². The van der Waals surface area contributed by atoms with Crippen molar-refractivity contribution in [3.05, 3.63) is 76.2 Å². The highest BCUT2D eigenvalue weighted by Crippen LogP contribution is 2.29. The molecule has 5 nitrogen and oxygen atoms in total. The molecule has 3 N–H and O–H groups in total. The van der Waals surface area contributed by atoms with Crippen molar-refractivity contribution in [1.29, 1.82) is 5.26 Å². The maximum Gasteiger partial charge on any atom is 0.252 e. The molecule has 0 aliphatic carbocycles. The van der Waals surface area contributed by atoms with Gasteiger partial charge in [0.2, 0.25) is 0 Å². The fraction of sp³-hybridized carbons (Fsp3) is 0.217. The Morgan fingerprint density at radius 2 is 2.07 bits per heavy atom. The van der Waals surface area contributed by atoms with Crippen LogP contribution in [0.1, 0.15) is 39.3 Å². The summed E-state index contributed by atoms with van der Waals surface area (Å²) < 4.78 is 5.54. The van der Waals surface area contributed by atoms with E-state index in [2.05, 4.69) is 11.4 Å². The number of nitrogens with zero attached hydrogens (tertiary/aromatic N) is 1. The summed E-state index contributed by atoms with van der Waals surface area (Å²) in [6.07, 6.45) is 0. The van der Waals surface area contributed by atoms with Gasteiger partial charge in [-0.2, -0.15) is 5.26 Å². The van der Waals surface area contributed by atoms with Gasteiger partial charge in [-0.3, -0.25) is 4.79 Å². The quantitative estimate of drug-likeness (QED) is 0.609. The molecular weight excluding hydrogens is 382 g/mol. The number of hydrogen-bond donors (Lipinski definition) is 2. The third-order valence-corrected chi connectivity index (χ3v) is 5.61. The molecule has 29 heavy (non-hydrogen) atoms. The molecule has 0 radical (unpaired) electrons. The van der Waals surface area contributed by atoms with E-state index in [9.17, 15) is 4.79 Å². The van der Waals surface area contributed by atoms with Crippen LogP contribution in [0, 0.1) is 18.3 Å². The Balaban J connectivity index is 1.76. The Bertz CT molecular complexity index is 1050. The van der Waals surface area contributed by atoms with Gasteiger partial charge >= 0.3 is 0 Å². The summed E-state index contributed by atoms with van der Waals surface area (Å²) in [7, 11) is 0. The number of hydrogen-bond acceptors (Lipinski definition) is 5. The molecule has 3 aromatic rings. The molecule has 6 heteroatoms. The minimum absolute atomic E-state index is 0.151. The fourth-order valence-electron chi connectivity index (χ4n) is 2.98. The second kappa shape index (κ2) is 9.37. The van der Waals surface area contributed by atoms with E-state index >= 15 is 0 Å². The zero-order valence-electron chi connectivity index (χ0n) is 16.4. The molecule has 2 aromatic carbocycles. The molecule has 148 valence electrons. The Morgan fingerprint density at radius 3 is 2.79 bits per heavy atom. The molecule has 1 amide bonds. The van der Waals surface area contributed by atoms with Crippen molar-refractivity contribution in [2.75, 3.05) is 13.2 Å². The molecule has 1 atom stereocenters. The number of nitrogens with one attached hydrogen (secondary N) is 1. The molecule has 1 aromatic heterocycles. The van der Waals surface area contributed by atoms with Gasteiger partial charge < -0.3 is 15.8 Å². The molecule has 3 rings (SSSR count). The molecule has 0 aliphatic heterocycles. The minimum atomic E-state index is -0.175. The van der Waals surface area contributed by atoms with E-state index in [0.717, 1.165) is 21.6 Å². The largest absolute Gasteiger partial charge is 0.492 e. The summed E-state index contributed by atoms with van der Waals surface area (Å²) in [5.74, 6) is 0.480. The van der Waals surface area contributed by atoms with Crippen LogP contribution in [-0.4, -0.2) is 19.1 Å². The summed E-state index contributed by atoms with van der Waals surface area (Å²) in [5, 5.41) is 12.1. The first-order chi connectivity index (χ1) is 14.0. The highest BCUT2D eigenvalue weighted by atomic mass is 32.1. The van der Waals surface area contributed by atoms with E-state index in [1.807, 2.05) is 62.4 Å². The van der Waals surface area contributed by atoms with Crippen molar-refractivity contribution in [2.24, 2.45) is 5.73 Å². The van der Waals surface area contributed by atoms with Crippen LogP contribution in [0.4, 0.5) is 0 Å². The highest BCUT2D eigenvalue weighted by Gasteiger charge is 2.15. The van der Waals surface area contributed by atoms with E-state index in [4.69, 9.17) is 15.7 Å². The zero-order valence-corrected chi connectivity index (χ0v) is 17.3. The number of nitrogens with two attached hydrogens (primary N) is 1. The molecule has 0 saturated heterocycles. The summed E-state index contributed by atoms with van der Waals surface area (Å²) >= 11 is 1.46. The first kappa shape index (κ1) is 20.6. The Kier molecular flexibility index (Phi) is 6.65. The number of aryl methyl sites for hydroxylation is 1. The topological polar surface area (TPSA) is 88.1 Å². The summed E-state index contributed by atoms with van der Waals surface area (Å²) in [5.41, 5.74) is 8.97. The lowest BCUT2D eigenvalue weighted by atomic mass is 10.0. The van der Waals surface area contributed by atoms with Gasteiger partial charge in [-0.25, -0.2) is 0 Å². The Hall–Kier alpha value is -3.14. The van der Waals surface area contributed by atoms with Gasteiger partial charge in [-0.05, 0) is 60.9 Å². The second-order valence-electron chi connectivity index (χ2n) is 6.71. The number of rotatable bonds is 7. The van der Waals surface area contributed by atoms with Crippen molar-refractivity contribution in [1.82, 2.24) is 5.32 Å². The molecule has 0 aliphatic rings. The number of carbonyl (C=O) groups is 1. The zero-order chi connectivity index (χ0) is 20.8. The SMILES string of the molecule is Cc1ccc(OCCN)cc1C(=O)N[C@H](C)c1cccc(-c2ccc(C#N)s2)c1. The van der Waals surface area contributed by atoms with Crippen LogP contribution >= 0.6 is 11.3 Å². The number of ether oxygens (including phenoxy) is 1. The summed E-state index contributed by atoms with van der Waals surface area (Å²) in [6, 6.07) is 19.2. The van der Waals surface area contributed by atoms with Gasteiger partial charge in [0.05, 0.1) is 6.04 Å². The van der Waals surface area contributed by atoms with E-state index in [0.29, 0.717) is 29.3 Å². The predicted molar refractivity (Wildman–Crippen MR) is 116 cm³/mol. The number of benzene rings is 2. The van der Waals surface area contributed by atoms with E-state index in [-0.39, 0.29) is 11.9 Å². The standard InChI is InChI=1S/C23H23N3O2S/c1-15-6-7-19(28-11-10-24)13-21(15)23(27)26-16(2)17-4-3-5-18(12-17)22-9-8-20(14-25)29-22/h3-9,12-13,16H,10-11,24H2,1-2H3,(H,26,27)/t16-/m1/s1. The monoisotopic (exact) mass is 405 g/mol. The second-order valence-corrected chi connectivity index (χ2v) is 7.79. The van der Waals surface area contributed by atoms with Gasteiger partial charge in [-0.1, -0.05) is 24.3 Å². The lowest BCUT2D eigenvalue weighted by molar-refractivity contribution is 0.0939. The lowest BCUT2D eigenvalue weighted by Crippen LogP contribution is -2.27.